The van der Waals surface area contributed by atoms with Crippen molar-refractivity contribution in [3.63, 3.8) is 0 Å². The van der Waals surface area contributed by atoms with E-state index in [1.54, 1.807) is 11.3 Å². The summed E-state index contributed by atoms with van der Waals surface area (Å²) in [5, 5.41) is 1.83. The lowest BCUT2D eigenvalue weighted by molar-refractivity contribution is 0.573. The van der Waals surface area contributed by atoms with Crippen molar-refractivity contribution in [3.8, 4) is 0 Å². The minimum absolute atomic E-state index is 0.0975. The third kappa shape index (κ3) is 2.12. The van der Waals surface area contributed by atoms with Crippen LogP contribution < -0.4 is 0 Å². The minimum atomic E-state index is -2.81. The molecule has 1 fully saturated rings. The van der Waals surface area contributed by atoms with Crippen LogP contribution in [-0.4, -0.2) is 19.9 Å². The van der Waals surface area contributed by atoms with Crippen LogP contribution in [0.3, 0.4) is 0 Å². The second-order valence-corrected chi connectivity index (χ2v) is 7.26. The standard InChI is InChI=1S/C9H11ClO2S2/c10-9(8-2-1-4-13-8)7-3-5-14(11,12)6-7/h1-2,4,7,9H,3,5-6H2. The van der Waals surface area contributed by atoms with Crippen LogP contribution in [0, 0.1) is 5.92 Å². The summed E-state index contributed by atoms with van der Waals surface area (Å²) in [6.45, 7) is 0. The van der Waals surface area contributed by atoms with Gasteiger partial charge in [0.15, 0.2) is 9.84 Å². The molecule has 2 atom stereocenters. The number of rotatable bonds is 2. The van der Waals surface area contributed by atoms with E-state index >= 15 is 0 Å². The fourth-order valence-corrected chi connectivity index (χ4v) is 4.92. The SMILES string of the molecule is O=S1(=O)CCC(C(Cl)c2cccs2)C1. The molecule has 0 radical (unpaired) electrons. The average Bonchev–Trinajstić information content (AvgIpc) is 2.72. The molecule has 0 saturated carbocycles. The molecule has 1 saturated heterocycles. The van der Waals surface area contributed by atoms with Crippen molar-refractivity contribution in [3.05, 3.63) is 22.4 Å². The highest BCUT2D eigenvalue weighted by atomic mass is 35.5. The molecule has 0 aromatic carbocycles. The predicted octanol–water partition coefficient (Wildman–Crippen LogP) is 2.46. The Hall–Kier alpha value is -0.0600. The molecule has 78 valence electrons. The second-order valence-electron chi connectivity index (χ2n) is 3.58. The molecule has 14 heavy (non-hydrogen) atoms. The third-order valence-corrected chi connectivity index (χ3v) is 5.97. The van der Waals surface area contributed by atoms with Crippen molar-refractivity contribution in [2.75, 3.05) is 11.5 Å². The highest BCUT2D eigenvalue weighted by Gasteiger charge is 2.33. The average molecular weight is 251 g/mol. The van der Waals surface area contributed by atoms with E-state index in [9.17, 15) is 8.42 Å². The van der Waals surface area contributed by atoms with Crippen LogP contribution in [0.15, 0.2) is 17.5 Å². The molecule has 0 aliphatic carbocycles. The maximum absolute atomic E-state index is 11.3. The largest absolute Gasteiger partial charge is 0.229 e. The maximum Gasteiger partial charge on any atom is 0.150 e. The van der Waals surface area contributed by atoms with Crippen LogP contribution in [0.5, 0.6) is 0 Å². The van der Waals surface area contributed by atoms with Gasteiger partial charge in [0.2, 0.25) is 0 Å². The van der Waals surface area contributed by atoms with E-state index in [4.69, 9.17) is 11.6 Å². The van der Waals surface area contributed by atoms with E-state index in [2.05, 4.69) is 0 Å². The molecule has 0 bridgehead atoms. The molecule has 0 spiro atoms. The number of hydrogen-bond acceptors (Lipinski definition) is 3. The zero-order valence-electron chi connectivity index (χ0n) is 7.52. The first-order valence-electron chi connectivity index (χ1n) is 4.46. The monoisotopic (exact) mass is 250 g/mol. The fraction of sp³-hybridized carbons (Fsp3) is 0.556. The Balaban J connectivity index is 2.11. The van der Waals surface area contributed by atoms with Gasteiger partial charge in [-0.25, -0.2) is 8.42 Å². The van der Waals surface area contributed by atoms with Crippen LogP contribution in [0.25, 0.3) is 0 Å². The van der Waals surface area contributed by atoms with Gasteiger partial charge in [0.05, 0.1) is 16.9 Å². The minimum Gasteiger partial charge on any atom is -0.229 e. The Kier molecular flexibility index (Phi) is 2.86. The molecular formula is C9H11ClO2S2. The number of alkyl halides is 1. The van der Waals surface area contributed by atoms with E-state index in [1.807, 2.05) is 17.5 Å². The van der Waals surface area contributed by atoms with Gasteiger partial charge < -0.3 is 0 Å². The zero-order valence-corrected chi connectivity index (χ0v) is 9.91. The lowest BCUT2D eigenvalue weighted by atomic mass is 10.0. The van der Waals surface area contributed by atoms with Crippen molar-refractivity contribution in [2.45, 2.75) is 11.8 Å². The summed E-state index contributed by atoms with van der Waals surface area (Å²) >= 11 is 7.82. The van der Waals surface area contributed by atoms with Gasteiger partial charge in [0.25, 0.3) is 0 Å². The molecule has 2 nitrogen and oxygen atoms in total. The van der Waals surface area contributed by atoms with Crippen molar-refractivity contribution in [2.24, 2.45) is 5.92 Å². The topological polar surface area (TPSA) is 34.1 Å². The van der Waals surface area contributed by atoms with Gasteiger partial charge in [0, 0.05) is 4.88 Å². The van der Waals surface area contributed by atoms with Crippen molar-refractivity contribution >= 4 is 32.8 Å². The fourth-order valence-electron chi connectivity index (χ4n) is 1.74. The first-order chi connectivity index (χ1) is 6.58. The van der Waals surface area contributed by atoms with Crippen LogP contribution in [0.4, 0.5) is 0 Å². The molecule has 1 aliphatic rings. The number of thiophene rings is 1. The summed E-state index contributed by atoms with van der Waals surface area (Å²) in [7, 11) is -2.81. The molecular weight excluding hydrogens is 240 g/mol. The van der Waals surface area contributed by atoms with Gasteiger partial charge in [-0.1, -0.05) is 6.07 Å². The Morgan fingerprint density at radius 1 is 1.57 bits per heavy atom. The van der Waals surface area contributed by atoms with E-state index in [0.717, 1.165) is 4.88 Å². The van der Waals surface area contributed by atoms with E-state index < -0.39 is 9.84 Å². The van der Waals surface area contributed by atoms with E-state index in [-0.39, 0.29) is 17.0 Å². The molecule has 2 unspecified atom stereocenters. The molecule has 1 aromatic heterocycles. The first-order valence-corrected chi connectivity index (χ1v) is 7.60. The first kappa shape index (κ1) is 10.5. The molecule has 2 rings (SSSR count). The molecule has 0 amide bonds. The maximum atomic E-state index is 11.3. The third-order valence-electron chi connectivity index (χ3n) is 2.50. The van der Waals surface area contributed by atoms with E-state index in [1.165, 1.54) is 0 Å². The van der Waals surface area contributed by atoms with Gasteiger partial charge in [-0.2, -0.15) is 0 Å². The van der Waals surface area contributed by atoms with Crippen LogP contribution in [-0.2, 0) is 9.84 Å². The molecule has 2 heterocycles. The molecule has 1 aliphatic heterocycles. The van der Waals surface area contributed by atoms with Gasteiger partial charge >= 0.3 is 0 Å². The molecule has 5 heteroatoms. The summed E-state index contributed by atoms with van der Waals surface area (Å²) in [4.78, 5) is 1.08. The second kappa shape index (κ2) is 3.83. The Morgan fingerprint density at radius 3 is 2.86 bits per heavy atom. The quantitative estimate of drug-likeness (QED) is 0.756. The molecule has 0 N–H and O–H groups in total. The highest BCUT2D eigenvalue weighted by molar-refractivity contribution is 7.91. The van der Waals surface area contributed by atoms with Gasteiger partial charge in [0.1, 0.15) is 0 Å². The number of sulfone groups is 1. The summed E-state index contributed by atoms with van der Waals surface area (Å²) in [5.74, 6) is 0.644. The van der Waals surface area contributed by atoms with Crippen molar-refractivity contribution < 1.29 is 8.42 Å². The number of halogens is 1. The molecule has 1 aromatic rings. The van der Waals surface area contributed by atoms with Crippen LogP contribution in [0.1, 0.15) is 16.7 Å². The zero-order chi connectivity index (χ0) is 10.2. The highest BCUT2D eigenvalue weighted by Crippen LogP contribution is 2.38. The van der Waals surface area contributed by atoms with Crippen LogP contribution in [0.2, 0.25) is 0 Å². The van der Waals surface area contributed by atoms with Crippen molar-refractivity contribution in [1.29, 1.82) is 0 Å². The van der Waals surface area contributed by atoms with Gasteiger partial charge in [-0.3, -0.25) is 0 Å². The predicted molar refractivity (Wildman–Crippen MR) is 59.7 cm³/mol. The summed E-state index contributed by atoms with van der Waals surface area (Å²) in [6.07, 6.45) is 0.703. The van der Waals surface area contributed by atoms with Gasteiger partial charge in [-0.05, 0) is 23.8 Å². The number of hydrogen-bond donors (Lipinski definition) is 0. The summed E-state index contributed by atoms with van der Waals surface area (Å²) < 4.78 is 22.5. The summed E-state index contributed by atoms with van der Waals surface area (Å²) in [5.41, 5.74) is 0. The Bertz CT molecular complexity index is 396. The lowest BCUT2D eigenvalue weighted by Gasteiger charge is -2.13. The summed E-state index contributed by atoms with van der Waals surface area (Å²) in [6, 6.07) is 3.91. The Labute approximate surface area is 92.8 Å². The van der Waals surface area contributed by atoms with Crippen molar-refractivity contribution in [1.82, 2.24) is 0 Å². The normalized spacial score (nSPS) is 27.6. The van der Waals surface area contributed by atoms with E-state index in [0.29, 0.717) is 12.2 Å². The Morgan fingerprint density at radius 2 is 2.36 bits per heavy atom. The smallest absolute Gasteiger partial charge is 0.150 e. The lowest BCUT2D eigenvalue weighted by Crippen LogP contribution is -2.09. The van der Waals surface area contributed by atoms with Crippen LogP contribution >= 0.6 is 22.9 Å². The van der Waals surface area contributed by atoms with Gasteiger partial charge in [-0.15, -0.1) is 22.9 Å².